The van der Waals surface area contributed by atoms with Gasteiger partial charge in [0, 0.05) is 23.6 Å². The smallest absolute Gasteiger partial charge is 0.326 e. The van der Waals surface area contributed by atoms with E-state index in [4.69, 9.17) is 21.8 Å². The summed E-state index contributed by atoms with van der Waals surface area (Å²) < 4.78 is 0. The van der Waals surface area contributed by atoms with E-state index in [9.17, 15) is 14.4 Å². The van der Waals surface area contributed by atoms with Crippen molar-refractivity contribution in [2.45, 2.75) is 12.5 Å². The van der Waals surface area contributed by atoms with Gasteiger partial charge in [-0.2, -0.15) is 0 Å². The van der Waals surface area contributed by atoms with E-state index in [1.165, 1.54) is 24.3 Å². The van der Waals surface area contributed by atoms with Crippen molar-refractivity contribution < 1.29 is 24.6 Å². The molecule has 1 rings (SSSR count). The van der Waals surface area contributed by atoms with Crippen LogP contribution in [0.15, 0.2) is 24.3 Å². The lowest BCUT2D eigenvalue weighted by Gasteiger charge is -2.13. The Hall–Kier alpha value is -2.12. The normalized spacial score (nSPS) is 11.5. The zero-order chi connectivity index (χ0) is 15.8. The first-order valence-corrected chi connectivity index (χ1v) is 6.48. The number of carboxylic acids is 1. The Bertz CT molecular complexity index is 518. The van der Waals surface area contributed by atoms with Crippen molar-refractivity contribution in [1.82, 2.24) is 10.6 Å². The molecule has 21 heavy (non-hydrogen) atoms. The average Bonchev–Trinajstić information content (AvgIpc) is 2.45. The number of hydrogen-bond acceptors (Lipinski definition) is 4. The predicted molar refractivity (Wildman–Crippen MR) is 75.1 cm³/mol. The molecule has 1 aromatic carbocycles. The van der Waals surface area contributed by atoms with Crippen molar-refractivity contribution in [2.75, 3.05) is 13.2 Å². The van der Waals surface area contributed by atoms with Crippen LogP contribution in [-0.2, 0) is 9.59 Å². The summed E-state index contributed by atoms with van der Waals surface area (Å²) in [6.07, 6.45) is -0.105. The number of rotatable bonds is 7. The molecule has 0 aliphatic carbocycles. The maximum Gasteiger partial charge on any atom is 0.326 e. The highest BCUT2D eigenvalue weighted by atomic mass is 35.5. The number of carbonyl (C=O) groups is 3. The summed E-state index contributed by atoms with van der Waals surface area (Å²) in [6.45, 7) is -0.731. The van der Waals surface area contributed by atoms with Crippen LogP contribution in [0.2, 0.25) is 5.02 Å². The van der Waals surface area contributed by atoms with Crippen molar-refractivity contribution in [1.29, 1.82) is 0 Å². The molecule has 0 aliphatic heterocycles. The number of aliphatic hydroxyl groups excluding tert-OH is 1. The van der Waals surface area contributed by atoms with E-state index in [-0.39, 0.29) is 19.6 Å². The van der Waals surface area contributed by atoms with Gasteiger partial charge in [0.05, 0.1) is 6.54 Å². The number of aliphatic carboxylic acids is 1. The molecule has 0 unspecified atom stereocenters. The molecule has 0 saturated carbocycles. The molecule has 114 valence electrons. The Morgan fingerprint density at radius 3 is 2.33 bits per heavy atom. The van der Waals surface area contributed by atoms with Crippen LogP contribution in [0.1, 0.15) is 16.8 Å². The molecule has 8 heteroatoms. The number of halogens is 1. The van der Waals surface area contributed by atoms with Gasteiger partial charge in [0.15, 0.2) is 0 Å². The van der Waals surface area contributed by atoms with E-state index in [0.29, 0.717) is 10.6 Å². The predicted octanol–water partition coefficient (Wildman–Crippen LogP) is 0.0216. The van der Waals surface area contributed by atoms with Crippen LogP contribution in [0.25, 0.3) is 0 Å². The largest absolute Gasteiger partial charge is 0.480 e. The van der Waals surface area contributed by atoms with Crippen molar-refractivity contribution in [3.05, 3.63) is 34.9 Å². The highest BCUT2D eigenvalue weighted by Gasteiger charge is 2.19. The molecule has 0 saturated heterocycles. The molecule has 0 aliphatic rings. The molecule has 1 aromatic rings. The fourth-order valence-corrected chi connectivity index (χ4v) is 1.62. The fourth-order valence-electron chi connectivity index (χ4n) is 1.50. The first-order valence-electron chi connectivity index (χ1n) is 6.11. The molecule has 0 fully saturated rings. The quantitative estimate of drug-likeness (QED) is 0.566. The lowest BCUT2D eigenvalue weighted by atomic mass is 10.2. The second-order valence-electron chi connectivity index (χ2n) is 4.16. The second-order valence-corrected chi connectivity index (χ2v) is 4.60. The van der Waals surface area contributed by atoms with Crippen LogP contribution in [-0.4, -0.2) is 47.2 Å². The van der Waals surface area contributed by atoms with Gasteiger partial charge >= 0.3 is 5.97 Å². The van der Waals surface area contributed by atoms with Crippen molar-refractivity contribution in [2.24, 2.45) is 0 Å². The number of benzene rings is 1. The molecule has 2 amide bonds. The van der Waals surface area contributed by atoms with Gasteiger partial charge in [-0.25, -0.2) is 4.79 Å². The van der Waals surface area contributed by atoms with E-state index in [1.807, 2.05) is 0 Å². The molecule has 0 bridgehead atoms. The minimum Gasteiger partial charge on any atom is -0.480 e. The first-order chi connectivity index (χ1) is 9.93. The molecular weight excluding hydrogens is 300 g/mol. The molecule has 0 aromatic heterocycles. The van der Waals surface area contributed by atoms with Gasteiger partial charge in [0.2, 0.25) is 5.91 Å². The van der Waals surface area contributed by atoms with E-state index in [2.05, 4.69) is 10.6 Å². The summed E-state index contributed by atoms with van der Waals surface area (Å²) in [6, 6.07) is 4.90. The summed E-state index contributed by atoms with van der Waals surface area (Å²) >= 11 is 5.69. The van der Waals surface area contributed by atoms with E-state index in [0.717, 1.165) is 0 Å². The molecule has 0 heterocycles. The lowest BCUT2D eigenvalue weighted by Crippen LogP contribution is -2.45. The van der Waals surface area contributed by atoms with Gasteiger partial charge in [0.25, 0.3) is 5.91 Å². The molecular formula is C13H15ClN2O5. The Labute approximate surface area is 125 Å². The molecule has 7 nitrogen and oxygen atoms in total. The van der Waals surface area contributed by atoms with Gasteiger partial charge in [-0.1, -0.05) is 11.6 Å². The van der Waals surface area contributed by atoms with E-state index in [1.54, 1.807) is 0 Å². The molecule has 4 N–H and O–H groups in total. The third-order valence-corrected chi connectivity index (χ3v) is 2.82. The maximum atomic E-state index is 11.7. The first kappa shape index (κ1) is 16.9. The topological polar surface area (TPSA) is 116 Å². The highest BCUT2D eigenvalue weighted by molar-refractivity contribution is 6.30. The van der Waals surface area contributed by atoms with Crippen LogP contribution < -0.4 is 10.6 Å². The van der Waals surface area contributed by atoms with Crippen LogP contribution >= 0.6 is 11.6 Å². The van der Waals surface area contributed by atoms with Gasteiger partial charge in [0.1, 0.15) is 6.04 Å². The van der Waals surface area contributed by atoms with Crippen molar-refractivity contribution in [3.8, 4) is 0 Å². The monoisotopic (exact) mass is 314 g/mol. The van der Waals surface area contributed by atoms with Crippen LogP contribution in [0.5, 0.6) is 0 Å². The van der Waals surface area contributed by atoms with Crippen LogP contribution in [0, 0.1) is 0 Å². The summed E-state index contributed by atoms with van der Waals surface area (Å²) in [5.41, 5.74) is 0.331. The zero-order valence-electron chi connectivity index (χ0n) is 11.0. The average molecular weight is 315 g/mol. The minimum atomic E-state index is -1.25. The number of amides is 2. The van der Waals surface area contributed by atoms with Gasteiger partial charge in [-0.3, -0.25) is 9.59 Å². The molecule has 1 atom stereocenters. The Morgan fingerprint density at radius 2 is 1.81 bits per heavy atom. The third kappa shape index (κ3) is 5.80. The SMILES string of the molecule is O=C(CNC(=O)c1ccc(Cl)cc1)N[C@@H](CCO)C(=O)O. The Balaban J connectivity index is 2.46. The number of hydrogen-bond donors (Lipinski definition) is 4. The lowest BCUT2D eigenvalue weighted by molar-refractivity contribution is -0.142. The number of carboxylic acid groups (broad SMARTS) is 1. The molecule has 0 spiro atoms. The van der Waals surface area contributed by atoms with Crippen molar-refractivity contribution in [3.63, 3.8) is 0 Å². The summed E-state index contributed by atoms with van der Waals surface area (Å²) in [4.78, 5) is 34.0. The summed E-state index contributed by atoms with van der Waals surface area (Å²) in [7, 11) is 0. The third-order valence-electron chi connectivity index (χ3n) is 2.57. The number of nitrogens with one attached hydrogen (secondary N) is 2. The minimum absolute atomic E-state index is 0.105. The number of carbonyl (C=O) groups excluding carboxylic acids is 2. The maximum absolute atomic E-state index is 11.7. The second kappa shape index (κ2) is 8.23. The Kier molecular flexibility index (Phi) is 6.64. The van der Waals surface area contributed by atoms with E-state index >= 15 is 0 Å². The summed E-state index contributed by atoms with van der Waals surface area (Å²) in [5.74, 6) is -2.38. The number of aliphatic hydroxyl groups is 1. The highest BCUT2D eigenvalue weighted by Crippen LogP contribution is 2.09. The fraction of sp³-hybridized carbons (Fsp3) is 0.308. The van der Waals surface area contributed by atoms with Crippen LogP contribution in [0.4, 0.5) is 0 Å². The van der Waals surface area contributed by atoms with Gasteiger partial charge < -0.3 is 20.8 Å². The zero-order valence-corrected chi connectivity index (χ0v) is 11.8. The van der Waals surface area contributed by atoms with Crippen molar-refractivity contribution >= 4 is 29.4 Å². The molecule has 0 radical (unpaired) electrons. The van der Waals surface area contributed by atoms with Crippen LogP contribution in [0.3, 0.4) is 0 Å². The summed E-state index contributed by atoms with van der Waals surface area (Å²) in [5, 5.41) is 22.5. The van der Waals surface area contributed by atoms with Gasteiger partial charge in [-0.15, -0.1) is 0 Å². The van der Waals surface area contributed by atoms with Gasteiger partial charge in [-0.05, 0) is 24.3 Å². The Morgan fingerprint density at radius 1 is 1.19 bits per heavy atom. The standard InChI is InChI=1S/C13H15ClN2O5/c14-9-3-1-8(2-4-9)12(19)15-7-11(18)16-10(5-6-17)13(20)21/h1-4,10,17H,5-7H2,(H,15,19)(H,16,18)(H,20,21)/t10-/m0/s1. The van der Waals surface area contributed by atoms with E-state index < -0.39 is 23.8 Å².